The van der Waals surface area contributed by atoms with Crippen LogP contribution in [-0.2, 0) is 10.0 Å². The van der Waals surface area contributed by atoms with Gasteiger partial charge in [-0.3, -0.25) is 0 Å². The van der Waals surface area contributed by atoms with Gasteiger partial charge < -0.3 is 9.52 Å². The molecular weight excluding hydrogens is 272 g/mol. The molecule has 0 unspecified atom stereocenters. The van der Waals surface area contributed by atoms with Gasteiger partial charge >= 0.3 is 5.97 Å². The molecule has 0 amide bonds. The summed E-state index contributed by atoms with van der Waals surface area (Å²) in [6.07, 6.45) is 0. The van der Waals surface area contributed by atoms with E-state index in [1.165, 1.54) is 6.92 Å². The number of carbonyl (C=O) groups is 1. The Kier molecular flexibility index (Phi) is 4.03. The second kappa shape index (κ2) is 5.03. The molecule has 1 rings (SSSR count). The molecule has 0 saturated heterocycles. The molecule has 0 spiro atoms. The third kappa shape index (κ3) is 3.56. The highest BCUT2D eigenvalue weighted by molar-refractivity contribution is 7.89. The number of carboxylic acids is 1. The van der Waals surface area contributed by atoms with Gasteiger partial charge in [0.15, 0.2) is 0 Å². The molecule has 0 saturated carbocycles. The van der Waals surface area contributed by atoms with Crippen LogP contribution in [0.15, 0.2) is 15.4 Å². The molecule has 0 atom stereocenters. The van der Waals surface area contributed by atoms with Crippen molar-refractivity contribution in [2.45, 2.75) is 25.7 Å². The first-order valence-electron chi connectivity index (χ1n) is 5.34. The van der Waals surface area contributed by atoms with E-state index >= 15 is 0 Å². The van der Waals surface area contributed by atoms with E-state index in [2.05, 4.69) is 4.72 Å². The molecule has 0 bridgehead atoms. The fraction of sp³-hybridized carbons (Fsp3) is 0.455. The molecule has 104 valence electrons. The summed E-state index contributed by atoms with van der Waals surface area (Å²) in [4.78, 5) is 10.5. The Hall–Kier alpha value is -1.85. The molecule has 1 heterocycles. The van der Waals surface area contributed by atoms with E-state index in [0.717, 1.165) is 6.07 Å². The van der Waals surface area contributed by atoms with Crippen molar-refractivity contribution in [2.24, 2.45) is 5.41 Å². The van der Waals surface area contributed by atoms with Crippen LogP contribution < -0.4 is 4.72 Å². The van der Waals surface area contributed by atoms with E-state index < -0.39 is 27.2 Å². The topological polar surface area (TPSA) is 120 Å². The Balaban J connectivity index is 3.02. The first kappa shape index (κ1) is 15.2. The predicted molar refractivity (Wildman–Crippen MR) is 65.0 cm³/mol. The minimum absolute atomic E-state index is 0.0142. The number of nitrogens with zero attached hydrogens (tertiary/aromatic N) is 1. The van der Waals surface area contributed by atoms with Crippen LogP contribution in [0.25, 0.3) is 0 Å². The van der Waals surface area contributed by atoms with Crippen molar-refractivity contribution in [1.82, 2.24) is 4.72 Å². The van der Waals surface area contributed by atoms with Gasteiger partial charge in [-0.2, -0.15) is 5.26 Å². The number of aryl methyl sites for hydroxylation is 1. The van der Waals surface area contributed by atoms with Crippen molar-refractivity contribution in [3.05, 3.63) is 17.6 Å². The molecule has 2 N–H and O–H groups in total. The summed E-state index contributed by atoms with van der Waals surface area (Å²) in [5, 5.41) is 17.5. The van der Waals surface area contributed by atoms with E-state index in [0.29, 0.717) is 0 Å². The minimum Gasteiger partial charge on any atom is -0.475 e. The van der Waals surface area contributed by atoms with Crippen molar-refractivity contribution < 1.29 is 22.7 Å². The third-order valence-corrected chi connectivity index (χ3v) is 3.89. The lowest BCUT2D eigenvalue weighted by Crippen LogP contribution is -2.33. The molecule has 7 nitrogen and oxygen atoms in total. The zero-order chi connectivity index (χ0) is 14.8. The van der Waals surface area contributed by atoms with Gasteiger partial charge in [-0.05, 0) is 20.8 Å². The average molecular weight is 286 g/mol. The van der Waals surface area contributed by atoms with Crippen LogP contribution in [0.3, 0.4) is 0 Å². The standard InChI is InChI=1S/C11H14N2O5S/c1-7-9(4-8(18-7)10(14)15)19(16,17)13-6-11(2,3)5-12/h4,13H,6H2,1-3H3,(H,14,15). The van der Waals surface area contributed by atoms with Gasteiger partial charge in [0.05, 0.1) is 11.5 Å². The SMILES string of the molecule is Cc1oc(C(=O)O)cc1S(=O)(=O)NCC(C)(C)C#N. The lowest BCUT2D eigenvalue weighted by Gasteiger charge is -2.15. The van der Waals surface area contributed by atoms with E-state index in [9.17, 15) is 13.2 Å². The van der Waals surface area contributed by atoms with Crippen molar-refractivity contribution >= 4 is 16.0 Å². The Labute approximate surface area is 110 Å². The van der Waals surface area contributed by atoms with Gasteiger partial charge in [-0.15, -0.1) is 0 Å². The molecule has 0 aliphatic rings. The summed E-state index contributed by atoms with van der Waals surface area (Å²) in [5.41, 5.74) is -0.861. The second-order valence-electron chi connectivity index (χ2n) is 4.66. The van der Waals surface area contributed by atoms with Crippen LogP contribution in [0.1, 0.15) is 30.2 Å². The first-order valence-corrected chi connectivity index (χ1v) is 6.82. The van der Waals surface area contributed by atoms with Crippen molar-refractivity contribution in [3.8, 4) is 6.07 Å². The van der Waals surface area contributed by atoms with Crippen molar-refractivity contribution in [3.63, 3.8) is 0 Å². The summed E-state index contributed by atoms with van der Waals surface area (Å²) in [5.74, 6) is -1.81. The van der Waals surface area contributed by atoms with Crippen LogP contribution in [0.4, 0.5) is 0 Å². The van der Waals surface area contributed by atoms with Crippen molar-refractivity contribution in [1.29, 1.82) is 5.26 Å². The van der Waals surface area contributed by atoms with Gasteiger partial charge in [0, 0.05) is 12.6 Å². The average Bonchev–Trinajstić information content (AvgIpc) is 2.70. The number of nitrogens with one attached hydrogen (secondary N) is 1. The highest BCUT2D eigenvalue weighted by Gasteiger charge is 2.26. The van der Waals surface area contributed by atoms with Gasteiger partial charge in [0.2, 0.25) is 15.8 Å². The molecule has 8 heteroatoms. The Bertz CT molecular complexity index is 637. The normalized spacial score (nSPS) is 12.1. The number of sulfonamides is 1. The zero-order valence-corrected chi connectivity index (χ0v) is 11.5. The number of hydrogen-bond donors (Lipinski definition) is 2. The van der Waals surface area contributed by atoms with Gasteiger partial charge in [-0.1, -0.05) is 0 Å². The number of rotatable bonds is 5. The molecular formula is C11H14N2O5S. The molecule has 0 aliphatic heterocycles. The smallest absolute Gasteiger partial charge is 0.371 e. The lowest BCUT2D eigenvalue weighted by atomic mass is 9.97. The fourth-order valence-electron chi connectivity index (χ4n) is 1.23. The van der Waals surface area contributed by atoms with Gasteiger partial charge in [-0.25, -0.2) is 17.9 Å². The number of hydrogen-bond acceptors (Lipinski definition) is 5. The van der Waals surface area contributed by atoms with Gasteiger partial charge in [0.1, 0.15) is 10.7 Å². The zero-order valence-electron chi connectivity index (χ0n) is 10.7. The molecule has 0 radical (unpaired) electrons. The maximum atomic E-state index is 12.0. The van der Waals surface area contributed by atoms with E-state index in [4.69, 9.17) is 14.8 Å². The molecule has 0 aromatic carbocycles. The molecule has 0 aliphatic carbocycles. The van der Waals surface area contributed by atoms with Crippen molar-refractivity contribution in [2.75, 3.05) is 6.54 Å². The maximum Gasteiger partial charge on any atom is 0.371 e. The largest absolute Gasteiger partial charge is 0.475 e. The fourth-order valence-corrected chi connectivity index (χ4v) is 2.62. The van der Waals surface area contributed by atoms with Crippen LogP contribution in [0.5, 0.6) is 0 Å². The quantitative estimate of drug-likeness (QED) is 0.836. The van der Waals surface area contributed by atoms with Crippen LogP contribution >= 0.6 is 0 Å². The monoisotopic (exact) mass is 286 g/mol. The first-order chi connectivity index (χ1) is 8.59. The number of furan rings is 1. The Morgan fingerprint density at radius 1 is 1.58 bits per heavy atom. The maximum absolute atomic E-state index is 12.0. The summed E-state index contributed by atoms with van der Waals surface area (Å²) >= 11 is 0. The Morgan fingerprint density at radius 3 is 2.58 bits per heavy atom. The van der Waals surface area contributed by atoms with Crippen LogP contribution in [0, 0.1) is 23.7 Å². The van der Waals surface area contributed by atoms with E-state index in [1.807, 2.05) is 6.07 Å². The summed E-state index contributed by atoms with van der Waals surface area (Å²) < 4.78 is 31.0. The lowest BCUT2D eigenvalue weighted by molar-refractivity contribution is 0.0661. The predicted octanol–water partition coefficient (Wildman–Crippen LogP) is 1.11. The van der Waals surface area contributed by atoms with E-state index in [-0.39, 0.29) is 17.2 Å². The highest BCUT2D eigenvalue weighted by atomic mass is 32.2. The third-order valence-electron chi connectivity index (χ3n) is 2.38. The Morgan fingerprint density at radius 2 is 2.16 bits per heavy atom. The molecule has 1 aromatic heterocycles. The summed E-state index contributed by atoms with van der Waals surface area (Å²) in [6, 6.07) is 2.90. The summed E-state index contributed by atoms with van der Waals surface area (Å²) in [7, 11) is -3.91. The minimum atomic E-state index is -3.91. The van der Waals surface area contributed by atoms with Crippen LogP contribution in [-0.4, -0.2) is 26.0 Å². The highest BCUT2D eigenvalue weighted by Crippen LogP contribution is 2.21. The van der Waals surface area contributed by atoms with E-state index in [1.54, 1.807) is 13.8 Å². The van der Waals surface area contributed by atoms with Crippen LogP contribution in [0.2, 0.25) is 0 Å². The molecule has 0 fully saturated rings. The molecule has 19 heavy (non-hydrogen) atoms. The number of nitriles is 1. The molecule has 1 aromatic rings. The number of aromatic carboxylic acids is 1. The number of carboxylic acid groups (broad SMARTS) is 1. The van der Waals surface area contributed by atoms with Gasteiger partial charge in [0.25, 0.3) is 0 Å². The summed E-state index contributed by atoms with van der Waals surface area (Å²) in [6.45, 7) is 4.44. The second-order valence-corrected chi connectivity index (χ2v) is 6.39.